The Balaban J connectivity index is 2.06. The van der Waals surface area contributed by atoms with E-state index >= 15 is 0 Å². The maximum absolute atomic E-state index is 9.91. The molecule has 3 rings (SSSR count). The molecule has 0 spiro atoms. The van der Waals surface area contributed by atoms with Gasteiger partial charge in [-0.15, -0.1) is 0 Å². The lowest BCUT2D eigenvalue weighted by molar-refractivity contribution is 0.0697. The molecule has 5 nitrogen and oxygen atoms in total. The number of imidazole rings is 2. The molecule has 0 unspecified atom stereocenters. The molecule has 0 atom stereocenters. The second-order valence-corrected chi connectivity index (χ2v) is 5.26. The molecule has 3 N–H and O–H groups in total. The topological polar surface area (TPSA) is 77.6 Å². The quantitative estimate of drug-likeness (QED) is 0.659. The largest absolute Gasteiger partial charge is 0.383 e. The van der Waals surface area contributed by atoms with E-state index in [9.17, 15) is 5.11 Å². The second-order valence-electron chi connectivity index (χ2n) is 5.26. The number of aromatic nitrogens is 4. The Morgan fingerprint density at radius 3 is 2.68 bits per heavy atom. The van der Waals surface area contributed by atoms with Crippen LogP contribution in [0.3, 0.4) is 0 Å². The van der Waals surface area contributed by atoms with Crippen molar-refractivity contribution in [3.8, 4) is 11.3 Å². The third kappa shape index (κ3) is 2.13. The van der Waals surface area contributed by atoms with Gasteiger partial charge in [0.25, 0.3) is 0 Å². The van der Waals surface area contributed by atoms with Gasteiger partial charge in [-0.3, -0.25) is 0 Å². The number of benzene rings is 1. The minimum atomic E-state index is -0.965. The fraction of sp³-hybridized carbons (Fsp3) is 0.286. The number of aromatic amines is 2. The van der Waals surface area contributed by atoms with Gasteiger partial charge in [-0.25, -0.2) is 9.97 Å². The molecule has 2 heterocycles. The minimum Gasteiger partial charge on any atom is -0.383 e. The van der Waals surface area contributed by atoms with Crippen molar-refractivity contribution in [3.63, 3.8) is 0 Å². The van der Waals surface area contributed by atoms with Gasteiger partial charge in [-0.1, -0.05) is 6.07 Å². The molecular formula is C14H16N4O. The number of fused-ring (bicyclic) bond motifs is 1. The Kier molecular flexibility index (Phi) is 2.46. The Morgan fingerprint density at radius 2 is 2.00 bits per heavy atom. The van der Waals surface area contributed by atoms with Crippen molar-refractivity contribution in [2.24, 2.45) is 0 Å². The Hall–Kier alpha value is -2.14. The number of H-pyrrole nitrogens is 2. The number of nitrogens with zero attached hydrogens (tertiary/aromatic N) is 2. The molecule has 0 aliphatic carbocycles. The van der Waals surface area contributed by atoms with E-state index in [-0.39, 0.29) is 0 Å². The number of rotatable bonds is 2. The molecule has 1 aromatic carbocycles. The van der Waals surface area contributed by atoms with Crippen molar-refractivity contribution in [1.82, 2.24) is 19.9 Å². The van der Waals surface area contributed by atoms with Crippen LogP contribution in [-0.4, -0.2) is 25.0 Å². The summed E-state index contributed by atoms with van der Waals surface area (Å²) < 4.78 is 0. The fourth-order valence-electron chi connectivity index (χ4n) is 2.08. The first-order chi connectivity index (χ1) is 8.93. The average Bonchev–Trinajstić information content (AvgIpc) is 2.90. The van der Waals surface area contributed by atoms with Gasteiger partial charge >= 0.3 is 0 Å². The third-order valence-electron chi connectivity index (χ3n) is 3.07. The average molecular weight is 256 g/mol. The lowest BCUT2D eigenvalue weighted by Gasteiger charge is -2.12. The lowest BCUT2D eigenvalue weighted by atomic mass is 10.1. The van der Waals surface area contributed by atoms with Crippen LogP contribution in [0.1, 0.15) is 25.5 Å². The molecule has 2 aromatic heterocycles. The van der Waals surface area contributed by atoms with Gasteiger partial charge < -0.3 is 15.1 Å². The first-order valence-electron chi connectivity index (χ1n) is 6.18. The van der Waals surface area contributed by atoms with Crippen molar-refractivity contribution in [1.29, 1.82) is 0 Å². The van der Waals surface area contributed by atoms with Crippen LogP contribution >= 0.6 is 0 Å². The van der Waals surface area contributed by atoms with E-state index in [0.29, 0.717) is 5.82 Å². The van der Waals surface area contributed by atoms with Crippen LogP contribution in [0.4, 0.5) is 0 Å². The normalized spacial score (nSPS) is 12.2. The van der Waals surface area contributed by atoms with Gasteiger partial charge in [0, 0.05) is 5.56 Å². The van der Waals surface area contributed by atoms with E-state index in [0.717, 1.165) is 28.1 Å². The van der Waals surface area contributed by atoms with Crippen LogP contribution < -0.4 is 0 Å². The molecule has 0 bridgehead atoms. The van der Waals surface area contributed by atoms with Crippen LogP contribution in [0, 0.1) is 6.92 Å². The van der Waals surface area contributed by atoms with Crippen LogP contribution in [0.5, 0.6) is 0 Å². The van der Waals surface area contributed by atoms with Crippen LogP contribution in [-0.2, 0) is 5.60 Å². The Labute approximate surface area is 110 Å². The molecule has 0 amide bonds. The standard InChI is InChI=1S/C14H16N4O/c1-8-16-10-5-4-9(6-11(10)17-8)12-7-15-13(18-12)14(2,3)19/h4-7,19H,1-3H3,(H,15,18)(H,16,17). The molecule has 19 heavy (non-hydrogen) atoms. The maximum Gasteiger partial charge on any atom is 0.138 e. The van der Waals surface area contributed by atoms with E-state index in [1.807, 2.05) is 25.1 Å². The molecule has 0 fully saturated rings. The number of aliphatic hydroxyl groups is 1. The van der Waals surface area contributed by atoms with Crippen molar-refractivity contribution in [2.75, 3.05) is 0 Å². The molecule has 98 valence electrons. The van der Waals surface area contributed by atoms with E-state index in [2.05, 4.69) is 19.9 Å². The summed E-state index contributed by atoms with van der Waals surface area (Å²) in [6.07, 6.45) is 1.73. The number of aryl methyl sites for hydroxylation is 1. The Morgan fingerprint density at radius 1 is 1.21 bits per heavy atom. The molecular weight excluding hydrogens is 240 g/mol. The van der Waals surface area contributed by atoms with Gasteiger partial charge in [0.2, 0.25) is 0 Å². The predicted molar refractivity (Wildman–Crippen MR) is 73.7 cm³/mol. The molecule has 5 heteroatoms. The highest BCUT2D eigenvalue weighted by atomic mass is 16.3. The van der Waals surface area contributed by atoms with Crippen molar-refractivity contribution in [2.45, 2.75) is 26.4 Å². The van der Waals surface area contributed by atoms with Crippen molar-refractivity contribution < 1.29 is 5.11 Å². The zero-order valence-electron chi connectivity index (χ0n) is 11.2. The monoisotopic (exact) mass is 256 g/mol. The minimum absolute atomic E-state index is 0.559. The zero-order valence-corrected chi connectivity index (χ0v) is 11.2. The highest BCUT2D eigenvalue weighted by molar-refractivity contribution is 5.81. The maximum atomic E-state index is 9.91. The van der Waals surface area contributed by atoms with Gasteiger partial charge in [0.05, 0.1) is 22.9 Å². The third-order valence-corrected chi connectivity index (χ3v) is 3.07. The van der Waals surface area contributed by atoms with E-state index in [1.165, 1.54) is 0 Å². The van der Waals surface area contributed by atoms with Crippen molar-refractivity contribution in [3.05, 3.63) is 36.0 Å². The van der Waals surface area contributed by atoms with Gasteiger partial charge in [0.15, 0.2) is 0 Å². The van der Waals surface area contributed by atoms with E-state index in [4.69, 9.17) is 0 Å². The summed E-state index contributed by atoms with van der Waals surface area (Å²) in [4.78, 5) is 14.9. The highest BCUT2D eigenvalue weighted by Gasteiger charge is 2.20. The summed E-state index contributed by atoms with van der Waals surface area (Å²) >= 11 is 0. The summed E-state index contributed by atoms with van der Waals surface area (Å²) in [5.74, 6) is 1.46. The summed E-state index contributed by atoms with van der Waals surface area (Å²) in [6.45, 7) is 5.34. The van der Waals surface area contributed by atoms with Crippen LogP contribution in [0.25, 0.3) is 22.3 Å². The molecule has 0 aliphatic rings. The van der Waals surface area contributed by atoms with Crippen LogP contribution in [0.2, 0.25) is 0 Å². The Bertz CT molecular complexity index is 733. The molecule has 0 saturated heterocycles. The summed E-state index contributed by atoms with van der Waals surface area (Å²) in [5.41, 5.74) is 2.87. The van der Waals surface area contributed by atoms with Crippen molar-refractivity contribution >= 4 is 11.0 Å². The number of hydrogen-bond donors (Lipinski definition) is 3. The van der Waals surface area contributed by atoms with Crippen LogP contribution in [0.15, 0.2) is 24.4 Å². The SMILES string of the molecule is Cc1nc2ccc(-c3cnc(C(C)(C)O)[nH]3)cc2[nH]1. The predicted octanol–water partition coefficient (Wildman–Crippen LogP) is 2.49. The summed E-state index contributed by atoms with van der Waals surface area (Å²) in [6, 6.07) is 5.99. The molecule has 0 saturated carbocycles. The molecule has 3 aromatic rings. The molecule has 0 aliphatic heterocycles. The second kappa shape index (κ2) is 3.93. The molecule has 0 radical (unpaired) electrons. The fourth-order valence-corrected chi connectivity index (χ4v) is 2.08. The first-order valence-corrected chi connectivity index (χ1v) is 6.18. The number of nitrogens with one attached hydrogen (secondary N) is 2. The smallest absolute Gasteiger partial charge is 0.138 e. The number of hydrogen-bond acceptors (Lipinski definition) is 3. The lowest BCUT2D eigenvalue weighted by Crippen LogP contribution is -2.17. The van der Waals surface area contributed by atoms with E-state index < -0.39 is 5.60 Å². The van der Waals surface area contributed by atoms with Gasteiger partial charge in [-0.2, -0.15) is 0 Å². The summed E-state index contributed by atoms with van der Waals surface area (Å²) in [5, 5.41) is 9.91. The van der Waals surface area contributed by atoms with E-state index in [1.54, 1.807) is 20.0 Å². The summed E-state index contributed by atoms with van der Waals surface area (Å²) in [7, 11) is 0. The van der Waals surface area contributed by atoms with Gasteiger partial charge in [-0.05, 0) is 32.9 Å². The van der Waals surface area contributed by atoms with Gasteiger partial charge in [0.1, 0.15) is 17.2 Å². The highest BCUT2D eigenvalue weighted by Crippen LogP contribution is 2.24. The zero-order chi connectivity index (χ0) is 13.6. The first kappa shape index (κ1) is 11.9.